The minimum absolute atomic E-state index is 0.121. The molecule has 1 rings (SSSR count). The van der Waals surface area contributed by atoms with Crippen LogP contribution in [0, 0.1) is 0 Å². The summed E-state index contributed by atoms with van der Waals surface area (Å²) in [4.78, 5) is 0. The lowest BCUT2D eigenvalue weighted by Crippen LogP contribution is -2.12. The van der Waals surface area contributed by atoms with Crippen molar-refractivity contribution in [1.29, 1.82) is 0 Å². The third kappa shape index (κ3) is 1.47. The summed E-state index contributed by atoms with van der Waals surface area (Å²) in [5.41, 5.74) is 1.15. The smallest absolute Gasteiger partial charge is 0.0738 e. The minimum Gasteiger partial charge on any atom is -0.251 e. The van der Waals surface area contributed by atoms with Gasteiger partial charge in [0.1, 0.15) is 0 Å². The molecular formula is C6H10IN3. The molecule has 0 aliphatic heterocycles. The van der Waals surface area contributed by atoms with E-state index in [0.717, 1.165) is 5.69 Å². The van der Waals surface area contributed by atoms with Gasteiger partial charge >= 0.3 is 0 Å². The van der Waals surface area contributed by atoms with E-state index < -0.39 is 0 Å². The Morgan fingerprint density at radius 1 is 1.60 bits per heavy atom. The number of alkyl halides is 1. The van der Waals surface area contributed by atoms with Crippen molar-refractivity contribution in [2.24, 2.45) is 7.05 Å². The van der Waals surface area contributed by atoms with Crippen LogP contribution in [0.15, 0.2) is 6.20 Å². The van der Waals surface area contributed by atoms with Crippen molar-refractivity contribution in [2.75, 3.05) is 0 Å². The summed E-state index contributed by atoms with van der Waals surface area (Å²) in [6, 6.07) is 0. The Labute approximate surface area is 73.9 Å². The molecule has 0 aliphatic rings. The van der Waals surface area contributed by atoms with E-state index in [2.05, 4.69) is 46.8 Å². The predicted octanol–water partition coefficient (Wildman–Crippen LogP) is 1.49. The van der Waals surface area contributed by atoms with E-state index >= 15 is 0 Å². The molecule has 0 bridgehead atoms. The molecule has 4 heteroatoms. The quantitative estimate of drug-likeness (QED) is 0.559. The normalized spacial score (nSPS) is 12.0. The average Bonchev–Trinajstić information content (AvgIpc) is 2.11. The zero-order valence-electron chi connectivity index (χ0n) is 6.30. The standard InChI is InChI=1S/C6H10IN3/c1-6(2,7)5-4-8-9-10(5)3/h4H,1-3H3. The van der Waals surface area contributed by atoms with E-state index in [0.29, 0.717) is 0 Å². The van der Waals surface area contributed by atoms with Gasteiger partial charge in [-0.1, -0.05) is 27.8 Å². The monoisotopic (exact) mass is 251 g/mol. The van der Waals surface area contributed by atoms with E-state index in [1.807, 2.05) is 7.05 Å². The molecule has 0 radical (unpaired) electrons. The maximum Gasteiger partial charge on any atom is 0.0738 e. The fraction of sp³-hybridized carbons (Fsp3) is 0.667. The maximum absolute atomic E-state index is 3.84. The van der Waals surface area contributed by atoms with Gasteiger partial charge in [0.15, 0.2) is 0 Å². The molecule has 0 saturated carbocycles. The Balaban J connectivity index is 3.05. The van der Waals surface area contributed by atoms with Crippen LogP contribution in [0.4, 0.5) is 0 Å². The molecule has 0 N–H and O–H groups in total. The molecule has 3 nitrogen and oxygen atoms in total. The van der Waals surface area contributed by atoms with E-state index in [4.69, 9.17) is 0 Å². The topological polar surface area (TPSA) is 30.7 Å². The highest BCUT2D eigenvalue weighted by Crippen LogP contribution is 2.28. The molecule has 0 spiro atoms. The number of hydrogen-bond acceptors (Lipinski definition) is 2. The first-order valence-electron chi connectivity index (χ1n) is 3.06. The van der Waals surface area contributed by atoms with E-state index in [-0.39, 0.29) is 3.42 Å². The molecule has 0 unspecified atom stereocenters. The minimum atomic E-state index is 0.121. The van der Waals surface area contributed by atoms with Crippen molar-refractivity contribution in [2.45, 2.75) is 17.3 Å². The van der Waals surface area contributed by atoms with Crippen molar-refractivity contribution in [3.63, 3.8) is 0 Å². The van der Waals surface area contributed by atoms with Crippen LogP contribution in [0.2, 0.25) is 0 Å². The number of aromatic nitrogens is 3. The number of aryl methyl sites for hydroxylation is 1. The lowest BCUT2D eigenvalue weighted by Gasteiger charge is -2.14. The van der Waals surface area contributed by atoms with Crippen LogP contribution in [0.25, 0.3) is 0 Å². The van der Waals surface area contributed by atoms with E-state index in [1.54, 1.807) is 10.9 Å². The summed E-state index contributed by atoms with van der Waals surface area (Å²) < 4.78 is 1.92. The number of rotatable bonds is 1. The molecule has 1 aromatic heterocycles. The van der Waals surface area contributed by atoms with Gasteiger partial charge in [-0.3, -0.25) is 4.68 Å². The van der Waals surface area contributed by atoms with Gasteiger partial charge in [-0.05, 0) is 13.8 Å². The van der Waals surface area contributed by atoms with Gasteiger partial charge in [0.25, 0.3) is 0 Å². The summed E-state index contributed by atoms with van der Waals surface area (Å²) in [7, 11) is 1.91. The van der Waals surface area contributed by atoms with Crippen LogP contribution < -0.4 is 0 Å². The Morgan fingerprint density at radius 2 is 2.20 bits per heavy atom. The maximum atomic E-state index is 3.84. The van der Waals surface area contributed by atoms with Gasteiger partial charge in [-0.2, -0.15) is 0 Å². The highest BCUT2D eigenvalue weighted by Gasteiger charge is 2.19. The van der Waals surface area contributed by atoms with Crippen LogP contribution in [0.5, 0.6) is 0 Å². The van der Waals surface area contributed by atoms with Crippen molar-refractivity contribution in [1.82, 2.24) is 15.0 Å². The van der Waals surface area contributed by atoms with Crippen molar-refractivity contribution < 1.29 is 0 Å². The third-order valence-electron chi connectivity index (χ3n) is 1.32. The Kier molecular flexibility index (Phi) is 1.98. The SMILES string of the molecule is Cn1nncc1C(C)(C)I. The molecular weight excluding hydrogens is 241 g/mol. The second-order valence-electron chi connectivity index (χ2n) is 2.72. The zero-order valence-corrected chi connectivity index (χ0v) is 8.45. The molecule has 0 saturated heterocycles. The molecule has 0 aliphatic carbocycles. The molecule has 0 fully saturated rings. The van der Waals surface area contributed by atoms with E-state index in [1.165, 1.54) is 0 Å². The highest BCUT2D eigenvalue weighted by molar-refractivity contribution is 14.1. The first kappa shape index (κ1) is 7.97. The summed E-state index contributed by atoms with van der Waals surface area (Å²) in [5.74, 6) is 0. The van der Waals surface area contributed by atoms with Crippen LogP contribution in [-0.2, 0) is 10.5 Å². The molecule has 1 aromatic rings. The van der Waals surface area contributed by atoms with Crippen LogP contribution in [0.1, 0.15) is 19.5 Å². The lowest BCUT2D eigenvalue weighted by molar-refractivity contribution is 0.637. The molecule has 0 aromatic carbocycles. The third-order valence-corrected chi connectivity index (χ3v) is 1.88. The van der Waals surface area contributed by atoms with Crippen LogP contribution >= 0.6 is 22.6 Å². The van der Waals surface area contributed by atoms with Crippen LogP contribution in [0.3, 0.4) is 0 Å². The second-order valence-corrected chi connectivity index (χ2v) is 5.41. The Morgan fingerprint density at radius 3 is 2.40 bits per heavy atom. The summed E-state index contributed by atoms with van der Waals surface area (Å²) >= 11 is 2.36. The predicted molar refractivity (Wildman–Crippen MR) is 48.0 cm³/mol. The first-order chi connectivity index (χ1) is 4.52. The number of nitrogens with zero attached hydrogens (tertiary/aromatic N) is 3. The summed E-state index contributed by atoms with van der Waals surface area (Å²) in [6.45, 7) is 4.26. The molecule has 1 heterocycles. The van der Waals surface area contributed by atoms with Crippen molar-refractivity contribution in [3.8, 4) is 0 Å². The number of hydrogen-bond donors (Lipinski definition) is 0. The largest absolute Gasteiger partial charge is 0.251 e. The second kappa shape index (κ2) is 2.48. The lowest BCUT2D eigenvalue weighted by atomic mass is 10.1. The van der Waals surface area contributed by atoms with E-state index in [9.17, 15) is 0 Å². The van der Waals surface area contributed by atoms with Gasteiger partial charge in [-0.15, -0.1) is 5.10 Å². The Hall–Kier alpha value is -0.130. The average molecular weight is 251 g/mol. The van der Waals surface area contributed by atoms with Crippen molar-refractivity contribution in [3.05, 3.63) is 11.9 Å². The molecule has 56 valence electrons. The molecule has 0 amide bonds. The Bertz CT molecular complexity index is 223. The fourth-order valence-electron chi connectivity index (χ4n) is 0.828. The molecule has 10 heavy (non-hydrogen) atoms. The van der Waals surface area contributed by atoms with Gasteiger partial charge in [0, 0.05) is 7.05 Å². The van der Waals surface area contributed by atoms with Gasteiger partial charge in [0.2, 0.25) is 0 Å². The van der Waals surface area contributed by atoms with Gasteiger partial charge < -0.3 is 0 Å². The number of halogens is 1. The van der Waals surface area contributed by atoms with Crippen molar-refractivity contribution >= 4 is 22.6 Å². The molecule has 0 atom stereocenters. The first-order valence-corrected chi connectivity index (χ1v) is 4.14. The summed E-state index contributed by atoms with van der Waals surface area (Å²) in [5, 5.41) is 7.64. The van der Waals surface area contributed by atoms with Crippen LogP contribution in [-0.4, -0.2) is 15.0 Å². The van der Waals surface area contributed by atoms with Gasteiger partial charge in [-0.25, -0.2) is 0 Å². The van der Waals surface area contributed by atoms with Gasteiger partial charge in [0.05, 0.1) is 15.3 Å². The zero-order chi connectivity index (χ0) is 7.78. The highest BCUT2D eigenvalue weighted by atomic mass is 127. The fourth-order valence-corrected chi connectivity index (χ4v) is 1.32. The summed E-state index contributed by atoms with van der Waals surface area (Å²) in [6.07, 6.45) is 1.80.